The number of nitrogens with two attached hydrogens (primary N) is 1. The van der Waals surface area contributed by atoms with Crippen LogP contribution in [0.25, 0.3) is 0 Å². The van der Waals surface area contributed by atoms with Crippen molar-refractivity contribution < 1.29 is 4.79 Å². The third-order valence-electron chi connectivity index (χ3n) is 1.77. The van der Waals surface area contributed by atoms with Crippen molar-refractivity contribution in [2.75, 3.05) is 6.54 Å². The maximum absolute atomic E-state index is 11.4. The summed E-state index contributed by atoms with van der Waals surface area (Å²) in [4.78, 5) is 12.5. The Balaban J connectivity index is 2.59. The van der Waals surface area contributed by atoms with Crippen LogP contribution in [0.5, 0.6) is 0 Å². The van der Waals surface area contributed by atoms with Gasteiger partial charge in [0, 0.05) is 16.9 Å². The average Bonchev–Trinajstić information content (AvgIpc) is 2.47. The average molecular weight is 183 g/mol. The van der Waals surface area contributed by atoms with E-state index in [1.807, 2.05) is 18.4 Å². The summed E-state index contributed by atoms with van der Waals surface area (Å²) in [5, 5.41) is 1.95. The number of Topliss-reactive ketones (excluding diaryl/α,β-unsaturated/α-hetero) is 1. The number of hydrogen-bond acceptors (Lipinski definition) is 3. The van der Waals surface area contributed by atoms with Gasteiger partial charge in [0.05, 0.1) is 0 Å². The lowest BCUT2D eigenvalue weighted by molar-refractivity contribution is 0.0980. The van der Waals surface area contributed by atoms with Gasteiger partial charge in [-0.2, -0.15) is 0 Å². The molecule has 0 saturated carbocycles. The van der Waals surface area contributed by atoms with E-state index < -0.39 is 0 Å². The van der Waals surface area contributed by atoms with Crippen LogP contribution in [0.2, 0.25) is 0 Å². The van der Waals surface area contributed by atoms with Gasteiger partial charge in [0.2, 0.25) is 0 Å². The van der Waals surface area contributed by atoms with Gasteiger partial charge in [0.25, 0.3) is 0 Å². The summed E-state index contributed by atoms with van der Waals surface area (Å²) in [6.07, 6.45) is 1.36. The van der Waals surface area contributed by atoms with Gasteiger partial charge in [0.15, 0.2) is 5.78 Å². The molecule has 0 aromatic carbocycles. The van der Waals surface area contributed by atoms with Gasteiger partial charge in [-0.25, -0.2) is 0 Å². The maximum atomic E-state index is 11.4. The fraction of sp³-hybridized carbons (Fsp3) is 0.444. The minimum absolute atomic E-state index is 0.221. The smallest absolute Gasteiger partial charge is 0.164 e. The Bertz CT molecular complexity index is 267. The van der Waals surface area contributed by atoms with Crippen molar-refractivity contribution in [2.45, 2.75) is 19.8 Å². The Hall–Kier alpha value is -0.670. The van der Waals surface area contributed by atoms with Crippen LogP contribution >= 0.6 is 11.3 Å². The fourth-order valence-electron chi connectivity index (χ4n) is 1.07. The highest BCUT2D eigenvalue weighted by molar-refractivity contribution is 7.10. The molecule has 0 spiro atoms. The highest BCUT2D eigenvalue weighted by Gasteiger charge is 2.08. The molecule has 0 bridgehead atoms. The fourth-order valence-corrected chi connectivity index (χ4v) is 1.79. The zero-order valence-electron chi connectivity index (χ0n) is 7.17. The first kappa shape index (κ1) is 9.42. The standard InChI is InChI=1S/C9H13NOS/c1-7-8(4-6-12-7)9(11)3-2-5-10/h4,6H,2-3,5,10H2,1H3. The number of carbonyl (C=O) groups excluding carboxylic acids is 1. The molecule has 0 saturated heterocycles. The Morgan fingerprint density at radius 3 is 2.92 bits per heavy atom. The lowest BCUT2D eigenvalue weighted by Gasteiger charge is -1.97. The topological polar surface area (TPSA) is 43.1 Å². The van der Waals surface area contributed by atoms with Crippen LogP contribution in [-0.2, 0) is 0 Å². The highest BCUT2D eigenvalue weighted by atomic mass is 32.1. The summed E-state index contributed by atoms with van der Waals surface area (Å²) < 4.78 is 0. The van der Waals surface area contributed by atoms with Crippen molar-refractivity contribution in [1.29, 1.82) is 0 Å². The molecule has 0 atom stereocenters. The highest BCUT2D eigenvalue weighted by Crippen LogP contribution is 2.17. The van der Waals surface area contributed by atoms with Crippen LogP contribution in [0.4, 0.5) is 0 Å². The first-order chi connectivity index (χ1) is 5.75. The number of thiophene rings is 1. The minimum atomic E-state index is 0.221. The molecule has 1 aromatic heterocycles. The van der Waals surface area contributed by atoms with Crippen molar-refractivity contribution in [3.63, 3.8) is 0 Å². The molecular weight excluding hydrogens is 170 g/mol. The first-order valence-electron chi connectivity index (χ1n) is 4.03. The van der Waals surface area contributed by atoms with Gasteiger partial charge in [-0.15, -0.1) is 11.3 Å². The number of rotatable bonds is 4. The van der Waals surface area contributed by atoms with E-state index in [-0.39, 0.29) is 5.78 Å². The third-order valence-corrected chi connectivity index (χ3v) is 2.61. The van der Waals surface area contributed by atoms with Crippen molar-refractivity contribution in [2.24, 2.45) is 5.73 Å². The van der Waals surface area contributed by atoms with Crippen molar-refractivity contribution >= 4 is 17.1 Å². The predicted octanol–water partition coefficient (Wildman–Crippen LogP) is 1.98. The number of aryl methyl sites for hydroxylation is 1. The lowest BCUT2D eigenvalue weighted by atomic mass is 10.1. The second-order valence-corrected chi connectivity index (χ2v) is 3.83. The zero-order valence-corrected chi connectivity index (χ0v) is 7.99. The van der Waals surface area contributed by atoms with E-state index in [0.29, 0.717) is 13.0 Å². The number of carbonyl (C=O) groups is 1. The van der Waals surface area contributed by atoms with Crippen LogP contribution in [0.15, 0.2) is 11.4 Å². The molecule has 12 heavy (non-hydrogen) atoms. The number of ketones is 1. The second-order valence-electron chi connectivity index (χ2n) is 2.71. The summed E-state index contributed by atoms with van der Waals surface area (Å²) in [7, 11) is 0. The van der Waals surface area contributed by atoms with Gasteiger partial charge in [-0.3, -0.25) is 4.79 Å². The first-order valence-corrected chi connectivity index (χ1v) is 4.91. The molecule has 2 N–H and O–H groups in total. The molecule has 1 aromatic rings. The third kappa shape index (κ3) is 2.16. The van der Waals surface area contributed by atoms with Crippen molar-refractivity contribution in [1.82, 2.24) is 0 Å². The molecule has 0 unspecified atom stereocenters. The van der Waals surface area contributed by atoms with Crippen molar-refractivity contribution in [3.05, 3.63) is 21.9 Å². The van der Waals surface area contributed by atoms with E-state index in [9.17, 15) is 4.79 Å². The monoisotopic (exact) mass is 183 g/mol. The van der Waals surface area contributed by atoms with E-state index in [4.69, 9.17) is 5.73 Å². The van der Waals surface area contributed by atoms with Crippen LogP contribution in [0, 0.1) is 6.92 Å². The summed E-state index contributed by atoms with van der Waals surface area (Å²) in [5.41, 5.74) is 6.19. The van der Waals surface area contributed by atoms with Gasteiger partial charge >= 0.3 is 0 Å². The maximum Gasteiger partial charge on any atom is 0.164 e. The molecule has 0 amide bonds. The van der Waals surface area contributed by atoms with Gasteiger partial charge in [0.1, 0.15) is 0 Å². The molecule has 2 nitrogen and oxygen atoms in total. The largest absolute Gasteiger partial charge is 0.330 e. The van der Waals surface area contributed by atoms with E-state index >= 15 is 0 Å². The molecule has 0 aliphatic carbocycles. The SMILES string of the molecule is Cc1sccc1C(=O)CCCN. The Kier molecular flexibility index (Phi) is 3.44. The Morgan fingerprint density at radius 2 is 2.42 bits per heavy atom. The van der Waals surface area contributed by atoms with Crippen LogP contribution < -0.4 is 5.73 Å². The molecule has 66 valence electrons. The van der Waals surface area contributed by atoms with Gasteiger partial charge in [-0.1, -0.05) is 0 Å². The Labute approximate surface area is 76.4 Å². The summed E-state index contributed by atoms with van der Waals surface area (Å²) in [6.45, 7) is 2.56. The molecule has 3 heteroatoms. The van der Waals surface area contributed by atoms with Crippen LogP contribution in [0.1, 0.15) is 28.1 Å². The minimum Gasteiger partial charge on any atom is -0.330 e. The van der Waals surface area contributed by atoms with Crippen molar-refractivity contribution in [3.8, 4) is 0 Å². The molecule has 0 aliphatic rings. The van der Waals surface area contributed by atoms with Crippen LogP contribution in [0.3, 0.4) is 0 Å². The molecule has 1 rings (SSSR count). The van der Waals surface area contributed by atoms with E-state index in [2.05, 4.69) is 0 Å². The second kappa shape index (κ2) is 4.38. The summed E-state index contributed by atoms with van der Waals surface area (Å²) >= 11 is 1.61. The normalized spacial score (nSPS) is 10.2. The molecule has 0 radical (unpaired) electrons. The van der Waals surface area contributed by atoms with Gasteiger partial charge < -0.3 is 5.73 Å². The summed E-state index contributed by atoms with van der Waals surface area (Å²) in [6, 6.07) is 1.89. The molecule has 1 heterocycles. The van der Waals surface area contributed by atoms with Gasteiger partial charge in [-0.05, 0) is 31.3 Å². The van der Waals surface area contributed by atoms with E-state index in [0.717, 1.165) is 16.9 Å². The Morgan fingerprint density at radius 1 is 1.67 bits per heavy atom. The molecular formula is C9H13NOS. The molecule has 0 fully saturated rings. The number of hydrogen-bond donors (Lipinski definition) is 1. The molecule has 0 aliphatic heterocycles. The van der Waals surface area contributed by atoms with E-state index in [1.54, 1.807) is 11.3 Å². The van der Waals surface area contributed by atoms with E-state index in [1.165, 1.54) is 0 Å². The lowest BCUT2D eigenvalue weighted by Crippen LogP contribution is -2.04. The predicted molar refractivity (Wildman–Crippen MR) is 51.7 cm³/mol. The van der Waals surface area contributed by atoms with Crippen LogP contribution in [-0.4, -0.2) is 12.3 Å². The quantitative estimate of drug-likeness (QED) is 0.725. The zero-order chi connectivity index (χ0) is 8.97. The summed E-state index contributed by atoms with van der Waals surface area (Å²) in [5.74, 6) is 0.221.